The van der Waals surface area contributed by atoms with E-state index in [1.165, 1.54) is 12.0 Å². The molecular formula is C18H25NO2. The predicted molar refractivity (Wildman–Crippen MR) is 83.2 cm³/mol. The summed E-state index contributed by atoms with van der Waals surface area (Å²) in [6.45, 7) is 2.36. The molecule has 1 aromatic rings. The Morgan fingerprint density at radius 3 is 2.48 bits per heavy atom. The van der Waals surface area contributed by atoms with Crippen molar-refractivity contribution in [2.24, 2.45) is 5.92 Å². The molecule has 21 heavy (non-hydrogen) atoms. The molecule has 2 atom stereocenters. The summed E-state index contributed by atoms with van der Waals surface area (Å²) in [5.41, 5.74) is 1.42. The zero-order chi connectivity index (χ0) is 14.7. The lowest BCUT2D eigenvalue weighted by molar-refractivity contribution is 0.00768. The number of carbonyl (C=O) groups excluding carboxylic acids is 1. The fraction of sp³-hybridized carbons (Fsp3) is 0.611. The van der Waals surface area contributed by atoms with Crippen LogP contribution in [0.1, 0.15) is 44.6 Å². The summed E-state index contributed by atoms with van der Waals surface area (Å²) < 4.78 is 5.26. The van der Waals surface area contributed by atoms with Crippen molar-refractivity contribution in [2.45, 2.75) is 57.5 Å². The smallest absolute Gasteiger partial charge is 0.410 e. The average Bonchev–Trinajstić information content (AvgIpc) is 2.47. The van der Waals surface area contributed by atoms with E-state index >= 15 is 0 Å². The quantitative estimate of drug-likeness (QED) is 0.840. The summed E-state index contributed by atoms with van der Waals surface area (Å²) in [6.07, 6.45) is 6.84. The van der Waals surface area contributed by atoms with Crippen molar-refractivity contribution in [1.82, 2.24) is 4.90 Å². The first kappa shape index (κ1) is 14.4. The fourth-order valence-electron chi connectivity index (χ4n) is 4.10. The highest BCUT2D eigenvalue weighted by atomic mass is 16.6. The molecule has 2 fully saturated rings. The van der Waals surface area contributed by atoms with Gasteiger partial charge in [-0.05, 0) is 56.9 Å². The molecule has 0 aliphatic carbocycles. The molecule has 0 saturated carbocycles. The van der Waals surface area contributed by atoms with Crippen molar-refractivity contribution in [3.8, 4) is 0 Å². The van der Waals surface area contributed by atoms with Gasteiger partial charge in [0.25, 0.3) is 0 Å². The van der Waals surface area contributed by atoms with Crippen molar-refractivity contribution < 1.29 is 9.53 Å². The summed E-state index contributed by atoms with van der Waals surface area (Å²) in [5.74, 6) is 0.702. The molecule has 1 amide bonds. The topological polar surface area (TPSA) is 29.5 Å². The highest BCUT2D eigenvalue weighted by Gasteiger charge is 2.41. The second-order valence-electron chi connectivity index (χ2n) is 6.37. The molecule has 0 spiro atoms. The van der Waals surface area contributed by atoms with Gasteiger partial charge in [0.2, 0.25) is 0 Å². The monoisotopic (exact) mass is 287 g/mol. The minimum atomic E-state index is -0.0923. The number of benzene rings is 1. The van der Waals surface area contributed by atoms with Gasteiger partial charge in [-0.15, -0.1) is 0 Å². The number of piperidine rings is 2. The molecule has 114 valence electrons. The van der Waals surface area contributed by atoms with E-state index in [-0.39, 0.29) is 6.09 Å². The Morgan fingerprint density at radius 2 is 1.86 bits per heavy atom. The van der Waals surface area contributed by atoms with E-state index in [0.29, 0.717) is 24.6 Å². The molecule has 2 saturated heterocycles. The zero-order valence-electron chi connectivity index (χ0n) is 12.8. The summed E-state index contributed by atoms with van der Waals surface area (Å²) in [5, 5.41) is 0. The molecule has 2 aliphatic heterocycles. The number of hydrogen-bond acceptors (Lipinski definition) is 2. The van der Waals surface area contributed by atoms with Crippen LogP contribution in [0.4, 0.5) is 4.79 Å². The Balaban J connectivity index is 1.67. The first-order valence-electron chi connectivity index (χ1n) is 8.27. The van der Waals surface area contributed by atoms with Crippen LogP contribution >= 0.6 is 0 Å². The zero-order valence-corrected chi connectivity index (χ0v) is 12.8. The Hall–Kier alpha value is -1.51. The number of ether oxygens (including phenoxy) is 1. The molecule has 0 aromatic heterocycles. The van der Waals surface area contributed by atoms with E-state index in [0.717, 1.165) is 32.1 Å². The van der Waals surface area contributed by atoms with Crippen LogP contribution in [0, 0.1) is 5.92 Å². The summed E-state index contributed by atoms with van der Waals surface area (Å²) in [7, 11) is 0. The maximum absolute atomic E-state index is 12.2. The molecule has 1 aromatic carbocycles. The number of hydrogen-bond donors (Lipinski definition) is 0. The number of amides is 1. The Morgan fingerprint density at radius 1 is 1.19 bits per heavy atom. The van der Waals surface area contributed by atoms with Crippen LogP contribution in [0.5, 0.6) is 0 Å². The van der Waals surface area contributed by atoms with E-state index < -0.39 is 0 Å². The summed E-state index contributed by atoms with van der Waals surface area (Å²) in [4.78, 5) is 14.2. The van der Waals surface area contributed by atoms with Crippen LogP contribution < -0.4 is 0 Å². The van der Waals surface area contributed by atoms with Crippen molar-refractivity contribution in [2.75, 3.05) is 6.61 Å². The molecule has 0 radical (unpaired) electrons. The lowest BCUT2D eigenvalue weighted by Crippen LogP contribution is -2.55. The number of rotatable bonds is 3. The van der Waals surface area contributed by atoms with Gasteiger partial charge in [0, 0.05) is 12.1 Å². The highest BCUT2D eigenvalue weighted by molar-refractivity contribution is 5.68. The van der Waals surface area contributed by atoms with Crippen molar-refractivity contribution >= 4 is 6.09 Å². The molecule has 0 N–H and O–H groups in total. The van der Waals surface area contributed by atoms with E-state index in [4.69, 9.17) is 4.74 Å². The second kappa shape index (κ2) is 6.50. The van der Waals surface area contributed by atoms with E-state index in [2.05, 4.69) is 35.2 Å². The molecular weight excluding hydrogens is 262 g/mol. The lowest BCUT2D eigenvalue weighted by atomic mass is 9.76. The molecule has 2 unspecified atom stereocenters. The molecule has 3 rings (SSSR count). The van der Waals surface area contributed by atoms with Gasteiger partial charge in [-0.25, -0.2) is 4.79 Å². The van der Waals surface area contributed by atoms with E-state index in [1.807, 2.05) is 6.92 Å². The highest BCUT2D eigenvalue weighted by Crippen LogP contribution is 2.38. The van der Waals surface area contributed by atoms with Crippen LogP contribution in [-0.2, 0) is 11.2 Å². The van der Waals surface area contributed by atoms with Gasteiger partial charge < -0.3 is 9.64 Å². The Kier molecular flexibility index (Phi) is 4.47. The standard InChI is InChI=1S/C18H25NO2/c1-2-21-18(20)19-16-9-6-10-17(19)13-15(12-16)11-14-7-4-3-5-8-14/h3-5,7-8,15-17H,2,6,9-13H2,1H3. The first-order valence-corrected chi connectivity index (χ1v) is 8.27. The third-order valence-electron chi connectivity index (χ3n) is 4.92. The van der Waals surface area contributed by atoms with Crippen LogP contribution in [0.2, 0.25) is 0 Å². The fourth-order valence-corrected chi connectivity index (χ4v) is 4.10. The molecule has 3 nitrogen and oxygen atoms in total. The van der Waals surface area contributed by atoms with E-state index in [1.54, 1.807) is 0 Å². The normalized spacial score (nSPS) is 28.2. The van der Waals surface area contributed by atoms with Gasteiger partial charge in [-0.2, -0.15) is 0 Å². The minimum Gasteiger partial charge on any atom is -0.450 e. The largest absolute Gasteiger partial charge is 0.450 e. The summed E-state index contributed by atoms with van der Waals surface area (Å²) in [6, 6.07) is 11.5. The van der Waals surface area contributed by atoms with Crippen LogP contribution in [0.3, 0.4) is 0 Å². The third kappa shape index (κ3) is 3.22. The van der Waals surface area contributed by atoms with Crippen molar-refractivity contribution in [3.63, 3.8) is 0 Å². The first-order chi connectivity index (χ1) is 10.3. The Labute approximate surface area is 127 Å². The van der Waals surface area contributed by atoms with Gasteiger partial charge in [0.1, 0.15) is 0 Å². The van der Waals surface area contributed by atoms with Crippen LogP contribution in [0.25, 0.3) is 0 Å². The van der Waals surface area contributed by atoms with Gasteiger partial charge in [0.15, 0.2) is 0 Å². The minimum absolute atomic E-state index is 0.0923. The third-order valence-corrected chi connectivity index (χ3v) is 4.92. The molecule has 3 heteroatoms. The lowest BCUT2D eigenvalue weighted by Gasteiger charge is -2.48. The van der Waals surface area contributed by atoms with Gasteiger partial charge in [-0.3, -0.25) is 0 Å². The van der Waals surface area contributed by atoms with Crippen LogP contribution in [-0.4, -0.2) is 29.7 Å². The second-order valence-corrected chi connectivity index (χ2v) is 6.37. The SMILES string of the molecule is CCOC(=O)N1C2CCCC1CC(Cc1ccccc1)C2. The van der Waals surface area contributed by atoms with Gasteiger partial charge >= 0.3 is 6.09 Å². The maximum atomic E-state index is 12.2. The number of fused-ring (bicyclic) bond motifs is 2. The molecule has 2 aliphatic rings. The van der Waals surface area contributed by atoms with Crippen molar-refractivity contribution in [3.05, 3.63) is 35.9 Å². The van der Waals surface area contributed by atoms with Gasteiger partial charge in [0.05, 0.1) is 6.61 Å². The van der Waals surface area contributed by atoms with E-state index in [9.17, 15) is 4.79 Å². The number of nitrogens with zero attached hydrogens (tertiary/aromatic N) is 1. The number of carbonyl (C=O) groups is 1. The Bertz CT molecular complexity index is 459. The summed E-state index contributed by atoms with van der Waals surface area (Å²) >= 11 is 0. The molecule has 2 heterocycles. The van der Waals surface area contributed by atoms with Crippen molar-refractivity contribution in [1.29, 1.82) is 0 Å². The predicted octanol–water partition coefficient (Wildman–Crippen LogP) is 4.02. The average molecular weight is 287 g/mol. The van der Waals surface area contributed by atoms with Crippen LogP contribution in [0.15, 0.2) is 30.3 Å². The molecule has 2 bridgehead atoms. The van der Waals surface area contributed by atoms with Gasteiger partial charge in [-0.1, -0.05) is 30.3 Å². The maximum Gasteiger partial charge on any atom is 0.410 e.